The number of ether oxygens (including phenoxy) is 1. The molecule has 22 heavy (non-hydrogen) atoms. The number of hydrogen-bond donors (Lipinski definition) is 1. The first-order valence-electron chi connectivity index (χ1n) is 7.70. The van der Waals surface area contributed by atoms with Crippen molar-refractivity contribution in [2.45, 2.75) is 32.3 Å². The minimum absolute atomic E-state index is 0.0867. The molecule has 4 rings (SSSR count). The first-order chi connectivity index (χ1) is 10.5. The van der Waals surface area contributed by atoms with Gasteiger partial charge < -0.3 is 9.72 Å². The summed E-state index contributed by atoms with van der Waals surface area (Å²) in [5.41, 5.74) is 3.42. The number of H-pyrrole nitrogens is 1. The molecule has 3 heteroatoms. The topological polar surface area (TPSA) is 42.1 Å². The smallest absolute Gasteiger partial charge is 0.199 e. The van der Waals surface area contributed by atoms with Crippen LogP contribution in [0.1, 0.15) is 32.3 Å². The van der Waals surface area contributed by atoms with Gasteiger partial charge in [0.1, 0.15) is 5.60 Å². The third kappa shape index (κ3) is 1.65. The number of benzene rings is 1. The maximum absolute atomic E-state index is 13.1. The lowest BCUT2D eigenvalue weighted by Crippen LogP contribution is -2.32. The van der Waals surface area contributed by atoms with E-state index in [9.17, 15) is 4.79 Å². The molecule has 1 aromatic heterocycles. The molecular weight excluding hydrogens is 274 g/mol. The zero-order valence-corrected chi connectivity index (χ0v) is 13.0. The Morgan fingerprint density at radius 3 is 2.68 bits per heavy atom. The summed E-state index contributed by atoms with van der Waals surface area (Å²) in [5, 5.41) is 0. The Bertz CT molecular complexity index is 834. The van der Waals surface area contributed by atoms with Gasteiger partial charge in [-0.15, -0.1) is 0 Å². The highest BCUT2D eigenvalue weighted by atomic mass is 16.5. The summed E-state index contributed by atoms with van der Waals surface area (Å²) >= 11 is 0. The zero-order chi connectivity index (χ0) is 15.5. The number of hydrogen-bond acceptors (Lipinski definition) is 2. The average molecular weight is 293 g/mol. The molecule has 1 aromatic carbocycles. The van der Waals surface area contributed by atoms with Crippen LogP contribution in [0, 0.1) is 5.92 Å². The Morgan fingerprint density at radius 1 is 1.23 bits per heavy atom. The van der Waals surface area contributed by atoms with Gasteiger partial charge in [-0.25, -0.2) is 0 Å². The van der Waals surface area contributed by atoms with E-state index in [0.29, 0.717) is 17.4 Å². The van der Waals surface area contributed by atoms with Crippen molar-refractivity contribution in [3.8, 4) is 17.0 Å². The van der Waals surface area contributed by atoms with Crippen LogP contribution in [0.2, 0.25) is 0 Å². The van der Waals surface area contributed by atoms with Crippen LogP contribution in [-0.2, 0) is 0 Å². The molecule has 0 fully saturated rings. The Balaban J connectivity index is 1.92. The molecule has 1 aliphatic heterocycles. The van der Waals surface area contributed by atoms with Crippen LogP contribution >= 0.6 is 0 Å². The van der Waals surface area contributed by atoms with Gasteiger partial charge >= 0.3 is 0 Å². The minimum atomic E-state index is -0.406. The van der Waals surface area contributed by atoms with Crippen LogP contribution in [0.15, 0.2) is 53.0 Å². The molecule has 3 unspecified atom stereocenters. The van der Waals surface area contributed by atoms with Crippen LogP contribution in [0.3, 0.4) is 0 Å². The highest BCUT2D eigenvalue weighted by molar-refractivity contribution is 5.65. The lowest BCUT2D eigenvalue weighted by atomic mass is 9.81. The third-order valence-electron chi connectivity index (χ3n) is 5.15. The standard InChI is InChI=1S/C19H19NO2/c1-11-9-19(3)16(12(11)2)15-17(21)14(10-20-18(15)22-19)13-7-5-4-6-8-13/h4-10,12,16H,1-3H3,(H,20,21). The summed E-state index contributed by atoms with van der Waals surface area (Å²) in [6, 6.07) is 9.79. The lowest BCUT2D eigenvalue weighted by molar-refractivity contribution is 0.136. The van der Waals surface area contributed by atoms with Gasteiger partial charge in [0.15, 0.2) is 11.3 Å². The second-order valence-electron chi connectivity index (χ2n) is 6.58. The molecule has 1 aliphatic carbocycles. The van der Waals surface area contributed by atoms with Crippen LogP contribution in [0.5, 0.6) is 5.88 Å². The van der Waals surface area contributed by atoms with E-state index < -0.39 is 5.60 Å². The molecule has 0 bridgehead atoms. The predicted octanol–water partition coefficient (Wildman–Crippen LogP) is 3.87. The molecule has 0 spiro atoms. The van der Waals surface area contributed by atoms with Crippen molar-refractivity contribution in [3.63, 3.8) is 0 Å². The van der Waals surface area contributed by atoms with E-state index in [1.165, 1.54) is 5.57 Å². The average Bonchev–Trinajstić information content (AvgIpc) is 2.91. The van der Waals surface area contributed by atoms with E-state index in [-0.39, 0.29) is 11.3 Å². The monoisotopic (exact) mass is 293 g/mol. The number of pyridine rings is 1. The van der Waals surface area contributed by atoms with Crippen molar-refractivity contribution in [2.75, 3.05) is 0 Å². The molecule has 1 N–H and O–H groups in total. The maximum Gasteiger partial charge on any atom is 0.199 e. The van der Waals surface area contributed by atoms with E-state index in [1.807, 2.05) is 30.3 Å². The molecule has 0 saturated carbocycles. The fourth-order valence-corrected chi connectivity index (χ4v) is 4.01. The van der Waals surface area contributed by atoms with Crippen LogP contribution in [-0.4, -0.2) is 10.6 Å². The summed E-state index contributed by atoms with van der Waals surface area (Å²) in [7, 11) is 0. The largest absolute Gasteiger partial charge is 0.467 e. The second kappa shape index (κ2) is 4.35. The lowest BCUT2D eigenvalue weighted by Gasteiger charge is -2.24. The van der Waals surface area contributed by atoms with E-state index in [1.54, 1.807) is 6.20 Å². The molecule has 0 amide bonds. The van der Waals surface area contributed by atoms with Crippen LogP contribution < -0.4 is 10.2 Å². The molecule has 3 atom stereocenters. The first kappa shape index (κ1) is 13.4. The van der Waals surface area contributed by atoms with Gasteiger partial charge in [0.2, 0.25) is 0 Å². The summed E-state index contributed by atoms with van der Waals surface area (Å²) in [5.74, 6) is 1.04. The summed E-state index contributed by atoms with van der Waals surface area (Å²) < 4.78 is 6.10. The van der Waals surface area contributed by atoms with Crippen molar-refractivity contribution in [3.05, 3.63) is 64.0 Å². The molecule has 112 valence electrons. The van der Waals surface area contributed by atoms with Crippen LogP contribution in [0.25, 0.3) is 11.1 Å². The Kier molecular flexibility index (Phi) is 2.65. The Hall–Kier alpha value is -2.29. The second-order valence-corrected chi connectivity index (χ2v) is 6.58. The van der Waals surface area contributed by atoms with Gasteiger partial charge in [0, 0.05) is 17.7 Å². The fraction of sp³-hybridized carbons (Fsp3) is 0.316. The van der Waals surface area contributed by atoms with Crippen molar-refractivity contribution >= 4 is 0 Å². The Morgan fingerprint density at radius 2 is 1.95 bits per heavy atom. The molecule has 3 nitrogen and oxygen atoms in total. The maximum atomic E-state index is 13.1. The number of fused-ring (bicyclic) bond motifs is 3. The SMILES string of the molecule is CC1=CC2(C)Oc3[nH]cc(-c4ccccc4)c(=O)c3C2C1C. The third-order valence-corrected chi connectivity index (χ3v) is 5.15. The molecule has 2 aliphatic rings. The molecular formula is C19H19NO2. The van der Waals surface area contributed by atoms with E-state index in [0.717, 1.165) is 11.1 Å². The molecule has 0 saturated heterocycles. The summed E-state index contributed by atoms with van der Waals surface area (Å²) in [4.78, 5) is 16.3. The number of rotatable bonds is 1. The molecule has 2 heterocycles. The van der Waals surface area contributed by atoms with E-state index >= 15 is 0 Å². The number of nitrogens with one attached hydrogen (secondary N) is 1. The number of allylic oxidation sites excluding steroid dienone is 1. The predicted molar refractivity (Wildman–Crippen MR) is 87.2 cm³/mol. The zero-order valence-electron chi connectivity index (χ0n) is 13.0. The number of aromatic nitrogens is 1. The van der Waals surface area contributed by atoms with Gasteiger partial charge in [-0.05, 0) is 31.4 Å². The minimum Gasteiger partial charge on any atom is -0.467 e. The molecule has 0 radical (unpaired) electrons. The quantitative estimate of drug-likeness (QED) is 0.811. The van der Waals surface area contributed by atoms with E-state index in [2.05, 4.69) is 31.8 Å². The Labute approximate surface area is 129 Å². The van der Waals surface area contributed by atoms with Gasteiger partial charge in [0.25, 0.3) is 0 Å². The summed E-state index contributed by atoms with van der Waals surface area (Å²) in [6.45, 7) is 6.36. The summed E-state index contributed by atoms with van der Waals surface area (Å²) in [6.07, 6.45) is 3.93. The van der Waals surface area contributed by atoms with Crippen molar-refractivity contribution in [2.24, 2.45) is 5.92 Å². The highest BCUT2D eigenvalue weighted by Gasteiger charge is 2.52. The van der Waals surface area contributed by atoms with Gasteiger partial charge in [0.05, 0.1) is 5.56 Å². The first-order valence-corrected chi connectivity index (χ1v) is 7.70. The van der Waals surface area contributed by atoms with E-state index in [4.69, 9.17) is 4.74 Å². The fourth-order valence-electron chi connectivity index (χ4n) is 4.01. The van der Waals surface area contributed by atoms with Gasteiger partial charge in [-0.2, -0.15) is 0 Å². The van der Waals surface area contributed by atoms with Gasteiger partial charge in [-0.3, -0.25) is 4.79 Å². The van der Waals surface area contributed by atoms with Gasteiger partial charge in [-0.1, -0.05) is 42.8 Å². The highest BCUT2D eigenvalue weighted by Crippen LogP contribution is 2.53. The van der Waals surface area contributed by atoms with Crippen LogP contribution in [0.4, 0.5) is 0 Å². The number of aromatic amines is 1. The van der Waals surface area contributed by atoms with Crippen molar-refractivity contribution in [1.82, 2.24) is 4.98 Å². The molecule has 2 aromatic rings. The van der Waals surface area contributed by atoms with Crippen molar-refractivity contribution < 1.29 is 4.74 Å². The normalized spacial score (nSPS) is 28.8. The van der Waals surface area contributed by atoms with Crippen molar-refractivity contribution in [1.29, 1.82) is 0 Å².